The lowest BCUT2D eigenvalue weighted by molar-refractivity contribution is -0.156. The summed E-state index contributed by atoms with van der Waals surface area (Å²) in [7, 11) is 0. The van der Waals surface area contributed by atoms with Crippen molar-refractivity contribution in [3.63, 3.8) is 0 Å². The largest absolute Gasteiger partial charge is 0.459 e. The van der Waals surface area contributed by atoms with Gasteiger partial charge in [-0.3, -0.25) is 0 Å². The van der Waals surface area contributed by atoms with E-state index < -0.39 is 23.4 Å². The molecule has 0 aliphatic carbocycles. The van der Waals surface area contributed by atoms with Crippen molar-refractivity contribution in [2.45, 2.75) is 32.4 Å². The highest BCUT2D eigenvalue weighted by atomic mass is 19.1. The van der Waals surface area contributed by atoms with Crippen molar-refractivity contribution < 1.29 is 13.9 Å². The van der Waals surface area contributed by atoms with Crippen molar-refractivity contribution in [3.05, 3.63) is 59.9 Å². The Morgan fingerprint density at radius 1 is 1.14 bits per heavy atom. The van der Waals surface area contributed by atoms with Crippen LogP contribution in [0.4, 0.5) is 4.39 Å². The van der Waals surface area contributed by atoms with Crippen LogP contribution in [0.3, 0.4) is 0 Å². The van der Waals surface area contributed by atoms with Crippen LogP contribution in [0.2, 0.25) is 0 Å². The molecular formula is C18H20FNO2. The zero-order chi connectivity index (χ0) is 16.3. The average molecular weight is 301 g/mol. The fourth-order valence-corrected chi connectivity index (χ4v) is 2.08. The molecule has 0 fully saturated rings. The quantitative estimate of drug-likeness (QED) is 0.876. The van der Waals surface area contributed by atoms with Gasteiger partial charge in [0.15, 0.2) is 0 Å². The van der Waals surface area contributed by atoms with E-state index >= 15 is 0 Å². The van der Waals surface area contributed by atoms with Crippen LogP contribution in [0.25, 0.3) is 11.1 Å². The summed E-state index contributed by atoms with van der Waals surface area (Å²) in [5.41, 5.74) is 6.88. The maximum Gasteiger partial charge on any atom is 0.328 e. The second-order valence-electron chi connectivity index (χ2n) is 6.12. The fourth-order valence-electron chi connectivity index (χ4n) is 2.08. The molecular weight excluding hydrogens is 281 g/mol. The van der Waals surface area contributed by atoms with E-state index in [0.29, 0.717) is 11.1 Å². The molecule has 0 aliphatic rings. The molecule has 4 heteroatoms. The summed E-state index contributed by atoms with van der Waals surface area (Å²) in [6.07, 6.45) is 0. The Morgan fingerprint density at radius 3 is 2.32 bits per heavy atom. The first-order valence-electron chi connectivity index (χ1n) is 7.11. The minimum atomic E-state index is -1.00. The van der Waals surface area contributed by atoms with Crippen LogP contribution >= 0.6 is 0 Å². The molecule has 2 N–H and O–H groups in total. The van der Waals surface area contributed by atoms with Gasteiger partial charge >= 0.3 is 5.97 Å². The van der Waals surface area contributed by atoms with Crippen LogP contribution < -0.4 is 5.73 Å². The molecule has 1 atom stereocenters. The number of halogens is 1. The Labute approximate surface area is 129 Å². The number of ether oxygens (including phenoxy) is 1. The highest BCUT2D eigenvalue weighted by Crippen LogP contribution is 2.26. The predicted molar refractivity (Wildman–Crippen MR) is 84.6 cm³/mol. The van der Waals surface area contributed by atoms with Crippen LogP contribution in [0.15, 0.2) is 48.5 Å². The molecule has 0 radical (unpaired) electrons. The summed E-state index contributed by atoms with van der Waals surface area (Å²) in [4.78, 5) is 12.0. The second kappa shape index (κ2) is 6.28. The number of hydrogen-bond donors (Lipinski definition) is 1. The maximum atomic E-state index is 14.3. The highest BCUT2D eigenvalue weighted by molar-refractivity contribution is 5.78. The van der Waals surface area contributed by atoms with Crippen molar-refractivity contribution in [2.75, 3.05) is 0 Å². The predicted octanol–water partition coefficient (Wildman–Crippen LogP) is 3.83. The molecule has 0 amide bonds. The van der Waals surface area contributed by atoms with E-state index in [1.807, 2.05) is 30.3 Å². The number of rotatable bonds is 3. The lowest BCUT2D eigenvalue weighted by Crippen LogP contribution is -2.31. The van der Waals surface area contributed by atoms with Gasteiger partial charge in [0.05, 0.1) is 0 Å². The lowest BCUT2D eigenvalue weighted by atomic mass is 10.0. The molecule has 3 nitrogen and oxygen atoms in total. The third kappa shape index (κ3) is 3.92. The summed E-state index contributed by atoms with van der Waals surface area (Å²) < 4.78 is 19.5. The first-order chi connectivity index (χ1) is 10.3. The fraction of sp³-hybridized carbons (Fsp3) is 0.278. The number of benzene rings is 2. The highest BCUT2D eigenvalue weighted by Gasteiger charge is 2.24. The van der Waals surface area contributed by atoms with Gasteiger partial charge in [0.2, 0.25) is 0 Å². The lowest BCUT2D eigenvalue weighted by Gasteiger charge is -2.22. The van der Waals surface area contributed by atoms with E-state index in [1.165, 1.54) is 6.07 Å². The van der Waals surface area contributed by atoms with E-state index in [1.54, 1.807) is 32.9 Å². The van der Waals surface area contributed by atoms with Crippen molar-refractivity contribution in [1.29, 1.82) is 0 Å². The number of hydrogen-bond acceptors (Lipinski definition) is 3. The van der Waals surface area contributed by atoms with Gasteiger partial charge in [0, 0.05) is 5.56 Å². The van der Waals surface area contributed by atoms with E-state index in [-0.39, 0.29) is 0 Å². The van der Waals surface area contributed by atoms with E-state index in [0.717, 1.165) is 5.56 Å². The van der Waals surface area contributed by atoms with Crippen LogP contribution in [-0.2, 0) is 9.53 Å². The third-order valence-electron chi connectivity index (χ3n) is 3.10. The normalized spacial score (nSPS) is 12.8. The Morgan fingerprint density at radius 2 is 1.77 bits per heavy atom. The number of esters is 1. The van der Waals surface area contributed by atoms with Crippen molar-refractivity contribution >= 4 is 5.97 Å². The van der Waals surface area contributed by atoms with Gasteiger partial charge in [-0.05, 0) is 38.0 Å². The Balaban J connectivity index is 2.24. The molecule has 0 saturated heterocycles. The summed E-state index contributed by atoms with van der Waals surface area (Å²) in [5, 5.41) is 0. The molecule has 0 unspecified atom stereocenters. The van der Waals surface area contributed by atoms with Gasteiger partial charge in [-0.25, -0.2) is 9.18 Å². The van der Waals surface area contributed by atoms with Gasteiger partial charge in [-0.1, -0.05) is 42.5 Å². The van der Waals surface area contributed by atoms with Crippen LogP contribution in [0.5, 0.6) is 0 Å². The second-order valence-corrected chi connectivity index (χ2v) is 6.12. The molecule has 0 bridgehead atoms. The first kappa shape index (κ1) is 16.2. The molecule has 0 aliphatic heterocycles. The Kier molecular flexibility index (Phi) is 4.62. The maximum absolute atomic E-state index is 14.3. The topological polar surface area (TPSA) is 52.3 Å². The van der Waals surface area contributed by atoms with Crippen molar-refractivity contribution in [2.24, 2.45) is 5.73 Å². The summed E-state index contributed by atoms with van der Waals surface area (Å²) in [6.45, 7) is 5.28. The Hall–Kier alpha value is -2.20. The van der Waals surface area contributed by atoms with E-state index in [2.05, 4.69) is 0 Å². The van der Waals surface area contributed by atoms with Gasteiger partial charge < -0.3 is 10.5 Å². The Bertz CT molecular complexity index is 663. The molecule has 0 heterocycles. The molecule has 116 valence electrons. The van der Waals surface area contributed by atoms with Crippen LogP contribution in [0.1, 0.15) is 32.4 Å². The van der Waals surface area contributed by atoms with Crippen molar-refractivity contribution in [1.82, 2.24) is 0 Å². The molecule has 2 rings (SSSR count). The monoisotopic (exact) mass is 301 g/mol. The van der Waals surface area contributed by atoms with Crippen LogP contribution in [-0.4, -0.2) is 11.6 Å². The SMILES string of the molecule is CC(C)(C)OC(=O)[C@@H](N)c1ccc(-c2ccccc2)c(F)c1. The molecule has 0 saturated carbocycles. The third-order valence-corrected chi connectivity index (χ3v) is 3.10. The smallest absolute Gasteiger partial charge is 0.328 e. The molecule has 0 aromatic heterocycles. The summed E-state index contributed by atoms with van der Waals surface area (Å²) in [5.74, 6) is -0.984. The molecule has 22 heavy (non-hydrogen) atoms. The molecule has 2 aromatic carbocycles. The zero-order valence-electron chi connectivity index (χ0n) is 13.0. The van der Waals surface area contributed by atoms with Crippen LogP contribution in [0, 0.1) is 5.82 Å². The van der Waals surface area contributed by atoms with Gasteiger partial charge in [-0.15, -0.1) is 0 Å². The molecule has 2 aromatic rings. The van der Waals surface area contributed by atoms with Crippen molar-refractivity contribution in [3.8, 4) is 11.1 Å². The van der Waals surface area contributed by atoms with Gasteiger partial charge in [0.25, 0.3) is 0 Å². The first-order valence-corrected chi connectivity index (χ1v) is 7.11. The number of nitrogens with two attached hydrogens (primary N) is 1. The number of carbonyl (C=O) groups excluding carboxylic acids is 1. The van der Waals surface area contributed by atoms with Gasteiger partial charge in [0.1, 0.15) is 17.5 Å². The standard InChI is InChI=1S/C18H20FNO2/c1-18(2,3)22-17(21)16(20)13-9-10-14(15(19)11-13)12-7-5-4-6-8-12/h4-11,16H,20H2,1-3H3/t16-/m0/s1. The molecule has 0 spiro atoms. The summed E-state index contributed by atoms with van der Waals surface area (Å²) >= 11 is 0. The van der Waals surface area contributed by atoms with E-state index in [9.17, 15) is 9.18 Å². The summed E-state index contributed by atoms with van der Waals surface area (Å²) in [6, 6.07) is 12.8. The average Bonchev–Trinajstić information content (AvgIpc) is 2.45. The van der Waals surface area contributed by atoms with Gasteiger partial charge in [-0.2, -0.15) is 0 Å². The number of carbonyl (C=O) groups is 1. The van der Waals surface area contributed by atoms with E-state index in [4.69, 9.17) is 10.5 Å². The minimum Gasteiger partial charge on any atom is -0.459 e. The zero-order valence-corrected chi connectivity index (χ0v) is 13.0. The minimum absolute atomic E-state index is 0.395.